The molecule has 7 heteroatoms. The summed E-state index contributed by atoms with van der Waals surface area (Å²) >= 11 is 0. The maximum absolute atomic E-state index is 12.2. The van der Waals surface area contributed by atoms with Gasteiger partial charge in [0, 0.05) is 13.1 Å². The van der Waals surface area contributed by atoms with Crippen LogP contribution >= 0.6 is 0 Å². The number of aryl methyl sites for hydroxylation is 1. The van der Waals surface area contributed by atoms with Crippen LogP contribution in [0.2, 0.25) is 0 Å². The zero-order chi connectivity index (χ0) is 18.9. The maximum Gasteiger partial charge on any atom is 0.494 e. The van der Waals surface area contributed by atoms with Gasteiger partial charge in [-0.2, -0.15) is 0 Å². The van der Waals surface area contributed by atoms with Crippen molar-refractivity contribution in [3.8, 4) is 5.75 Å². The van der Waals surface area contributed by atoms with E-state index in [1.807, 2.05) is 52.8 Å². The molecule has 0 saturated carbocycles. The normalized spacial score (nSPS) is 21.7. The molecule has 0 unspecified atom stereocenters. The highest BCUT2D eigenvalue weighted by molar-refractivity contribution is 6.62. The van der Waals surface area contributed by atoms with E-state index in [9.17, 15) is 4.79 Å². The van der Waals surface area contributed by atoms with Crippen molar-refractivity contribution in [2.45, 2.75) is 45.8 Å². The predicted octanol–water partition coefficient (Wildman–Crippen LogP) is 1.53. The summed E-state index contributed by atoms with van der Waals surface area (Å²) in [5.41, 5.74) is 1.16. The molecular formula is C19H28BNO5. The number of morpholine rings is 1. The molecule has 0 bridgehead atoms. The molecule has 2 aliphatic rings. The molecule has 2 aliphatic heterocycles. The molecule has 1 amide bonds. The van der Waals surface area contributed by atoms with E-state index in [4.69, 9.17) is 18.8 Å². The van der Waals surface area contributed by atoms with Crippen molar-refractivity contribution in [2.24, 2.45) is 0 Å². The molecule has 2 fully saturated rings. The number of carbonyl (C=O) groups is 1. The molecule has 1 aromatic carbocycles. The molecule has 3 rings (SSSR count). The molecular weight excluding hydrogens is 333 g/mol. The van der Waals surface area contributed by atoms with E-state index in [-0.39, 0.29) is 23.7 Å². The van der Waals surface area contributed by atoms with E-state index in [0.717, 1.165) is 11.0 Å². The van der Waals surface area contributed by atoms with Crippen LogP contribution in [0.15, 0.2) is 18.2 Å². The molecule has 2 heterocycles. The first-order valence-corrected chi connectivity index (χ1v) is 9.14. The molecule has 26 heavy (non-hydrogen) atoms. The average Bonchev–Trinajstić information content (AvgIpc) is 2.82. The highest BCUT2D eigenvalue weighted by atomic mass is 16.7. The molecule has 0 aliphatic carbocycles. The lowest BCUT2D eigenvalue weighted by molar-refractivity contribution is -0.137. The number of carbonyl (C=O) groups excluding carboxylic acids is 1. The third-order valence-corrected chi connectivity index (χ3v) is 5.44. The monoisotopic (exact) mass is 361 g/mol. The summed E-state index contributed by atoms with van der Waals surface area (Å²) in [5.74, 6) is 0.689. The number of nitrogens with zero attached hydrogens (tertiary/aromatic N) is 1. The van der Waals surface area contributed by atoms with E-state index < -0.39 is 7.12 Å². The SMILES string of the molecule is Cc1cc(B2OC(C)(C)C(C)(C)O2)ccc1OCC(=O)N1CCOCC1. The first-order chi connectivity index (χ1) is 12.2. The quantitative estimate of drug-likeness (QED) is 0.762. The van der Waals surface area contributed by atoms with Crippen molar-refractivity contribution in [2.75, 3.05) is 32.9 Å². The van der Waals surface area contributed by atoms with Crippen LogP contribution in [0.1, 0.15) is 33.3 Å². The van der Waals surface area contributed by atoms with E-state index in [1.165, 1.54) is 0 Å². The summed E-state index contributed by atoms with van der Waals surface area (Å²) in [4.78, 5) is 14.0. The summed E-state index contributed by atoms with van der Waals surface area (Å²) in [6, 6.07) is 5.81. The van der Waals surface area contributed by atoms with Crippen molar-refractivity contribution in [3.05, 3.63) is 23.8 Å². The average molecular weight is 361 g/mol. The zero-order valence-corrected chi connectivity index (χ0v) is 16.3. The minimum Gasteiger partial charge on any atom is -0.484 e. The van der Waals surface area contributed by atoms with Gasteiger partial charge in [0.2, 0.25) is 0 Å². The van der Waals surface area contributed by atoms with Crippen LogP contribution in [0.3, 0.4) is 0 Å². The number of benzene rings is 1. The third-order valence-electron chi connectivity index (χ3n) is 5.44. The van der Waals surface area contributed by atoms with Crippen LogP contribution in [0, 0.1) is 6.92 Å². The summed E-state index contributed by atoms with van der Waals surface area (Å²) < 4.78 is 23.2. The lowest BCUT2D eigenvalue weighted by Gasteiger charge is -2.32. The number of amides is 1. The fourth-order valence-electron chi connectivity index (χ4n) is 3.00. The number of hydrogen-bond donors (Lipinski definition) is 0. The van der Waals surface area contributed by atoms with Gasteiger partial charge < -0.3 is 23.7 Å². The molecule has 0 aromatic heterocycles. The number of hydrogen-bond acceptors (Lipinski definition) is 5. The van der Waals surface area contributed by atoms with Gasteiger partial charge in [0.1, 0.15) is 5.75 Å². The fraction of sp³-hybridized carbons (Fsp3) is 0.632. The van der Waals surface area contributed by atoms with Crippen molar-refractivity contribution < 1.29 is 23.6 Å². The maximum atomic E-state index is 12.2. The van der Waals surface area contributed by atoms with Gasteiger partial charge in [-0.15, -0.1) is 0 Å². The van der Waals surface area contributed by atoms with E-state index in [1.54, 1.807) is 4.90 Å². The Hall–Kier alpha value is -1.57. The Morgan fingerprint density at radius 2 is 1.77 bits per heavy atom. The van der Waals surface area contributed by atoms with Gasteiger partial charge >= 0.3 is 7.12 Å². The van der Waals surface area contributed by atoms with Gasteiger partial charge in [0.05, 0.1) is 24.4 Å². The number of rotatable bonds is 4. The van der Waals surface area contributed by atoms with E-state index in [0.29, 0.717) is 32.1 Å². The molecule has 0 N–H and O–H groups in total. The minimum atomic E-state index is -0.400. The first-order valence-electron chi connectivity index (χ1n) is 9.14. The molecule has 6 nitrogen and oxygen atoms in total. The topological polar surface area (TPSA) is 57.2 Å². The van der Waals surface area contributed by atoms with Crippen LogP contribution in [-0.2, 0) is 18.8 Å². The highest BCUT2D eigenvalue weighted by Crippen LogP contribution is 2.36. The molecule has 142 valence electrons. The van der Waals surface area contributed by atoms with Crippen LogP contribution in [0.5, 0.6) is 5.75 Å². The minimum absolute atomic E-state index is 0.0114. The van der Waals surface area contributed by atoms with Gasteiger partial charge in [-0.25, -0.2) is 0 Å². The van der Waals surface area contributed by atoms with Crippen LogP contribution in [0.4, 0.5) is 0 Å². The van der Waals surface area contributed by atoms with Gasteiger partial charge in [-0.1, -0.05) is 12.1 Å². The zero-order valence-electron chi connectivity index (χ0n) is 16.3. The van der Waals surface area contributed by atoms with Crippen LogP contribution in [0.25, 0.3) is 0 Å². The Balaban J connectivity index is 1.62. The Labute approximate surface area is 155 Å². The van der Waals surface area contributed by atoms with E-state index in [2.05, 4.69) is 0 Å². The Kier molecular flexibility index (Phi) is 5.33. The lowest BCUT2D eigenvalue weighted by atomic mass is 9.78. The van der Waals surface area contributed by atoms with Crippen LogP contribution < -0.4 is 10.2 Å². The fourth-order valence-corrected chi connectivity index (χ4v) is 3.00. The van der Waals surface area contributed by atoms with Crippen molar-refractivity contribution >= 4 is 18.5 Å². The van der Waals surface area contributed by atoms with E-state index >= 15 is 0 Å². The number of ether oxygens (including phenoxy) is 2. The molecule has 0 spiro atoms. The Morgan fingerprint density at radius 1 is 1.15 bits per heavy atom. The predicted molar refractivity (Wildman–Crippen MR) is 99.8 cm³/mol. The smallest absolute Gasteiger partial charge is 0.484 e. The lowest BCUT2D eigenvalue weighted by Crippen LogP contribution is -2.43. The van der Waals surface area contributed by atoms with Crippen molar-refractivity contribution in [1.82, 2.24) is 4.90 Å². The van der Waals surface area contributed by atoms with Crippen molar-refractivity contribution in [3.63, 3.8) is 0 Å². The first kappa shape index (κ1) is 19.2. The second-order valence-electron chi connectivity index (χ2n) is 7.90. The largest absolute Gasteiger partial charge is 0.494 e. The molecule has 0 radical (unpaired) electrons. The van der Waals surface area contributed by atoms with Gasteiger partial charge in [-0.05, 0) is 51.7 Å². The standard InChI is InChI=1S/C19H28BNO5/c1-14-12-15(20-25-18(2,3)19(4,5)26-20)6-7-16(14)24-13-17(22)21-8-10-23-11-9-21/h6-7,12H,8-11,13H2,1-5H3. The summed E-state index contributed by atoms with van der Waals surface area (Å²) in [7, 11) is -0.400. The third kappa shape index (κ3) is 3.90. The second-order valence-corrected chi connectivity index (χ2v) is 7.90. The van der Waals surface area contributed by atoms with Crippen molar-refractivity contribution in [1.29, 1.82) is 0 Å². The van der Waals surface area contributed by atoms with Gasteiger partial charge in [0.25, 0.3) is 5.91 Å². The summed E-state index contributed by atoms with van der Waals surface area (Å²) in [5, 5.41) is 0. The summed E-state index contributed by atoms with van der Waals surface area (Å²) in [6.45, 7) is 12.6. The Bertz CT molecular complexity index is 654. The molecule has 1 aromatic rings. The van der Waals surface area contributed by atoms with Crippen LogP contribution in [-0.4, -0.2) is 62.0 Å². The molecule has 2 saturated heterocycles. The van der Waals surface area contributed by atoms with Gasteiger partial charge in [-0.3, -0.25) is 4.79 Å². The van der Waals surface area contributed by atoms with Gasteiger partial charge in [0.15, 0.2) is 6.61 Å². The molecule has 0 atom stereocenters. The highest BCUT2D eigenvalue weighted by Gasteiger charge is 2.51. The summed E-state index contributed by atoms with van der Waals surface area (Å²) in [6.07, 6.45) is 0. The Morgan fingerprint density at radius 3 is 2.35 bits per heavy atom. The second kappa shape index (κ2) is 7.21.